The highest BCUT2D eigenvalue weighted by molar-refractivity contribution is 7.92. The van der Waals surface area contributed by atoms with E-state index in [1.165, 1.54) is 0 Å². The van der Waals surface area contributed by atoms with Crippen molar-refractivity contribution in [3.05, 3.63) is 29.8 Å². The van der Waals surface area contributed by atoms with E-state index in [4.69, 9.17) is 9.53 Å². The van der Waals surface area contributed by atoms with Crippen molar-refractivity contribution in [2.45, 2.75) is 45.0 Å². The van der Waals surface area contributed by atoms with E-state index in [-0.39, 0.29) is 12.7 Å². The number of sulfonamides is 1. The van der Waals surface area contributed by atoms with Crippen LogP contribution in [0.25, 0.3) is 0 Å². The molecule has 144 valence electrons. The minimum absolute atomic E-state index is 0.0697. The predicted molar refractivity (Wildman–Crippen MR) is 106 cm³/mol. The summed E-state index contributed by atoms with van der Waals surface area (Å²) < 4.78 is 32.1. The van der Waals surface area contributed by atoms with Gasteiger partial charge in [-0.25, -0.2) is 8.42 Å². The van der Waals surface area contributed by atoms with Crippen molar-refractivity contribution in [1.29, 1.82) is 0 Å². The van der Waals surface area contributed by atoms with Crippen molar-refractivity contribution in [3.8, 4) is 0 Å². The average molecular weight is 389 g/mol. The summed E-state index contributed by atoms with van der Waals surface area (Å²) in [5.41, 5.74) is 1.47. The van der Waals surface area contributed by atoms with Gasteiger partial charge in [0.05, 0.1) is 19.0 Å². The smallest absolute Gasteiger partial charge is 0.229 e. The Morgan fingerprint density at radius 1 is 1.20 bits per heavy atom. The molecule has 8 heteroatoms. The summed E-state index contributed by atoms with van der Waals surface area (Å²) in [6.45, 7) is 7.69. The van der Waals surface area contributed by atoms with Crippen LogP contribution < -0.4 is 10.0 Å². The van der Waals surface area contributed by atoms with Crippen molar-refractivity contribution < 1.29 is 18.0 Å². The lowest BCUT2D eigenvalue weighted by molar-refractivity contribution is 0.182. The van der Waals surface area contributed by atoms with Gasteiger partial charge in [-0.3, -0.25) is 4.72 Å². The minimum atomic E-state index is -3.32. The third-order valence-electron chi connectivity index (χ3n) is 4.51. The van der Waals surface area contributed by atoms with Gasteiger partial charge in [-0.1, -0.05) is 32.9 Å². The molecule has 0 aliphatic heterocycles. The molecule has 1 rings (SSSR count). The molecule has 0 saturated carbocycles. The Hall–Kier alpha value is -0.933. The topological polar surface area (TPSA) is 87.7 Å². The fourth-order valence-corrected chi connectivity index (χ4v) is 6.24. The third-order valence-corrected chi connectivity index (χ3v) is 9.76. The lowest BCUT2D eigenvalue weighted by Crippen LogP contribution is -2.40. The number of hydrogen-bond donors (Lipinski definition) is 3. The molecule has 1 unspecified atom stereocenters. The van der Waals surface area contributed by atoms with E-state index < -0.39 is 18.3 Å². The van der Waals surface area contributed by atoms with Crippen LogP contribution >= 0.6 is 0 Å². The van der Waals surface area contributed by atoms with Gasteiger partial charge < -0.3 is 14.8 Å². The quantitative estimate of drug-likeness (QED) is 0.378. The summed E-state index contributed by atoms with van der Waals surface area (Å²) >= 11 is 0. The molecule has 0 heterocycles. The van der Waals surface area contributed by atoms with Crippen LogP contribution in [-0.2, 0) is 14.4 Å². The summed E-state index contributed by atoms with van der Waals surface area (Å²) in [6.07, 6.45) is 0.971. The molecule has 0 saturated heterocycles. The zero-order chi connectivity index (χ0) is 18.9. The van der Waals surface area contributed by atoms with E-state index in [9.17, 15) is 8.42 Å². The number of aliphatic hydroxyl groups is 1. The van der Waals surface area contributed by atoms with Crippen LogP contribution in [0.5, 0.6) is 0 Å². The maximum absolute atomic E-state index is 11.5. The van der Waals surface area contributed by atoms with Crippen molar-refractivity contribution in [2.75, 3.05) is 30.7 Å². The molecule has 0 aromatic heterocycles. The normalized spacial score (nSPS) is 13.6. The van der Waals surface area contributed by atoms with Crippen molar-refractivity contribution in [2.24, 2.45) is 0 Å². The van der Waals surface area contributed by atoms with Gasteiger partial charge in [0.15, 0.2) is 8.32 Å². The lowest BCUT2D eigenvalue weighted by Gasteiger charge is -2.34. The number of rotatable bonds is 12. The van der Waals surface area contributed by atoms with E-state index in [1.54, 1.807) is 6.07 Å². The Kier molecular flexibility index (Phi) is 9.08. The monoisotopic (exact) mass is 388 g/mol. The van der Waals surface area contributed by atoms with Gasteiger partial charge in [0.2, 0.25) is 10.0 Å². The second kappa shape index (κ2) is 10.3. The number of benzene rings is 1. The Labute approximate surface area is 153 Å². The minimum Gasteiger partial charge on any atom is -0.409 e. The maximum atomic E-state index is 11.5. The Bertz CT molecular complexity index is 613. The van der Waals surface area contributed by atoms with Gasteiger partial charge in [-0.15, -0.1) is 0 Å². The molecule has 0 fully saturated rings. The van der Waals surface area contributed by atoms with Gasteiger partial charge in [0, 0.05) is 18.8 Å². The molecule has 0 aliphatic rings. The van der Waals surface area contributed by atoms with Crippen LogP contribution in [0.1, 0.15) is 32.4 Å². The van der Waals surface area contributed by atoms with Crippen LogP contribution in [0, 0.1) is 0 Å². The van der Waals surface area contributed by atoms with Crippen LogP contribution in [0.15, 0.2) is 24.3 Å². The summed E-state index contributed by atoms with van der Waals surface area (Å²) in [5, 5.41) is 12.2. The molecule has 1 aromatic rings. The van der Waals surface area contributed by atoms with E-state index in [1.807, 2.05) is 18.2 Å². The fraction of sp³-hybridized carbons (Fsp3) is 0.647. The van der Waals surface area contributed by atoms with Crippen molar-refractivity contribution >= 4 is 24.0 Å². The number of aliphatic hydroxyl groups excluding tert-OH is 1. The van der Waals surface area contributed by atoms with Gasteiger partial charge >= 0.3 is 0 Å². The molecule has 3 N–H and O–H groups in total. The SMILES string of the molecule is CC[Si](CC)(CC)OC(CNCCO)c1cccc(NS(C)(=O)=O)c1. The third kappa shape index (κ3) is 7.45. The summed E-state index contributed by atoms with van der Waals surface area (Å²) in [4.78, 5) is 0. The lowest BCUT2D eigenvalue weighted by atomic mass is 10.1. The summed E-state index contributed by atoms with van der Waals surface area (Å²) in [7, 11) is -5.15. The first-order chi connectivity index (χ1) is 11.8. The molecule has 25 heavy (non-hydrogen) atoms. The first-order valence-corrected chi connectivity index (χ1v) is 13.3. The number of hydrogen-bond acceptors (Lipinski definition) is 5. The average Bonchev–Trinajstić information content (AvgIpc) is 2.57. The molecule has 1 aromatic carbocycles. The highest BCUT2D eigenvalue weighted by Crippen LogP contribution is 2.30. The van der Waals surface area contributed by atoms with Crippen LogP contribution in [-0.4, -0.2) is 47.8 Å². The second-order valence-electron chi connectivity index (χ2n) is 6.28. The van der Waals surface area contributed by atoms with E-state index in [2.05, 4.69) is 30.8 Å². The largest absolute Gasteiger partial charge is 0.409 e. The zero-order valence-corrected chi connectivity index (χ0v) is 17.5. The fourth-order valence-electron chi connectivity index (χ4n) is 2.86. The van der Waals surface area contributed by atoms with Crippen LogP contribution in [0.2, 0.25) is 18.1 Å². The zero-order valence-electron chi connectivity index (χ0n) is 15.7. The Morgan fingerprint density at radius 2 is 1.84 bits per heavy atom. The summed E-state index contributed by atoms with van der Waals surface area (Å²) in [6, 6.07) is 10.5. The van der Waals surface area contributed by atoms with Crippen molar-refractivity contribution in [3.63, 3.8) is 0 Å². The molecule has 6 nitrogen and oxygen atoms in total. The van der Waals surface area contributed by atoms with Gasteiger partial charge in [-0.05, 0) is 35.8 Å². The second-order valence-corrected chi connectivity index (χ2v) is 12.7. The standard InChI is InChI=1S/C17H32N2O4SSi/c1-5-25(6-2,7-3)23-17(14-18-11-12-20)15-9-8-10-16(13-15)19-24(4,21)22/h8-10,13,17-20H,5-7,11-12,14H2,1-4H3. The Balaban J connectivity index is 3.08. The predicted octanol–water partition coefficient (Wildman–Crippen LogP) is 2.70. The van der Waals surface area contributed by atoms with Gasteiger partial charge in [0.25, 0.3) is 0 Å². The number of nitrogens with one attached hydrogen (secondary N) is 2. The highest BCUT2D eigenvalue weighted by atomic mass is 32.2. The number of anilines is 1. The summed E-state index contributed by atoms with van der Waals surface area (Å²) in [5.74, 6) is 0. The molecule has 0 amide bonds. The highest BCUT2D eigenvalue weighted by Gasteiger charge is 2.32. The van der Waals surface area contributed by atoms with Gasteiger partial charge in [0.1, 0.15) is 0 Å². The maximum Gasteiger partial charge on any atom is 0.229 e. The Morgan fingerprint density at radius 3 is 2.36 bits per heavy atom. The van der Waals surface area contributed by atoms with Crippen molar-refractivity contribution in [1.82, 2.24) is 5.32 Å². The molecule has 0 aliphatic carbocycles. The molecular weight excluding hydrogens is 356 g/mol. The molecule has 0 spiro atoms. The van der Waals surface area contributed by atoms with Crippen LogP contribution in [0.3, 0.4) is 0 Å². The van der Waals surface area contributed by atoms with Gasteiger partial charge in [-0.2, -0.15) is 0 Å². The van der Waals surface area contributed by atoms with Crippen LogP contribution in [0.4, 0.5) is 5.69 Å². The molecule has 0 radical (unpaired) electrons. The van der Waals surface area contributed by atoms with E-state index in [0.717, 1.165) is 30.0 Å². The van der Waals surface area contributed by atoms with E-state index in [0.29, 0.717) is 18.8 Å². The first kappa shape index (κ1) is 22.1. The molecule has 0 bridgehead atoms. The van der Waals surface area contributed by atoms with E-state index >= 15 is 0 Å². The molecule has 1 atom stereocenters. The first-order valence-electron chi connectivity index (χ1n) is 8.86. The molecular formula is C17H32N2O4SSi.